The van der Waals surface area contributed by atoms with E-state index >= 15 is 0 Å². The van der Waals surface area contributed by atoms with E-state index in [0.29, 0.717) is 17.8 Å². The van der Waals surface area contributed by atoms with Gasteiger partial charge in [-0.1, -0.05) is 43.3 Å². The maximum atomic E-state index is 12.3. The number of esters is 1. The second kappa shape index (κ2) is 8.99. The van der Waals surface area contributed by atoms with E-state index in [1.54, 1.807) is 24.3 Å². The zero-order chi connectivity index (χ0) is 18.2. The lowest BCUT2D eigenvalue weighted by Gasteiger charge is -2.17. The molecule has 1 amide bonds. The summed E-state index contributed by atoms with van der Waals surface area (Å²) in [6.45, 7) is 3.03. The molecule has 0 saturated heterocycles. The molecular weight excluding hydrogens is 316 g/mol. The number of hydrogen-bond acceptors (Lipinski definition) is 4. The minimum absolute atomic E-state index is 0.177. The van der Waals surface area contributed by atoms with Gasteiger partial charge in [-0.05, 0) is 36.7 Å². The lowest BCUT2D eigenvalue weighted by molar-refractivity contribution is -0.117. The van der Waals surface area contributed by atoms with Gasteiger partial charge in [0.25, 0.3) is 0 Å². The molecule has 2 rings (SSSR count). The van der Waals surface area contributed by atoms with Crippen LogP contribution in [0.5, 0.6) is 0 Å². The van der Waals surface area contributed by atoms with E-state index in [2.05, 4.69) is 36.5 Å². The number of hydrogen-bond donors (Lipinski definition) is 1. The van der Waals surface area contributed by atoms with Crippen LogP contribution in [0.4, 0.5) is 5.69 Å². The van der Waals surface area contributed by atoms with Crippen molar-refractivity contribution in [1.82, 2.24) is 4.90 Å². The quantitative estimate of drug-likeness (QED) is 0.787. The standard InChI is InChI=1S/C20H24N2O3/c1-4-15-9-11-16(12-10-15)13-22(2)14-19(23)21-18-8-6-5-7-17(18)20(24)25-3/h5-12H,4,13-14H2,1-3H3,(H,21,23). The van der Waals surface area contributed by atoms with E-state index in [1.165, 1.54) is 12.7 Å². The van der Waals surface area contributed by atoms with E-state index in [9.17, 15) is 9.59 Å². The Hall–Kier alpha value is -2.66. The monoisotopic (exact) mass is 340 g/mol. The van der Waals surface area contributed by atoms with Gasteiger partial charge >= 0.3 is 5.97 Å². The highest BCUT2D eigenvalue weighted by atomic mass is 16.5. The Morgan fingerprint density at radius 3 is 2.32 bits per heavy atom. The number of amides is 1. The summed E-state index contributed by atoms with van der Waals surface area (Å²) < 4.78 is 4.74. The molecule has 0 heterocycles. The molecule has 1 N–H and O–H groups in total. The number of carbonyl (C=O) groups is 2. The fourth-order valence-corrected chi connectivity index (χ4v) is 2.56. The summed E-state index contributed by atoms with van der Waals surface area (Å²) >= 11 is 0. The van der Waals surface area contributed by atoms with Crippen LogP contribution in [0.2, 0.25) is 0 Å². The van der Waals surface area contributed by atoms with Crippen molar-refractivity contribution < 1.29 is 14.3 Å². The maximum absolute atomic E-state index is 12.3. The molecule has 5 nitrogen and oxygen atoms in total. The normalized spacial score (nSPS) is 10.6. The zero-order valence-electron chi connectivity index (χ0n) is 14.9. The van der Waals surface area contributed by atoms with Crippen molar-refractivity contribution in [2.75, 3.05) is 26.0 Å². The van der Waals surface area contributed by atoms with Crippen molar-refractivity contribution in [3.8, 4) is 0 Å². The number of ether oxygens (including phenoxy) is 1. The fraction of sp³-hybridized carbons (Fsp3) is 0.300. The number of nitrogens with one attached hydrogen (secondary N) is 1. The first kappa shape index (κ1) is 18.7. The first-order valence-corrected chi connectivity index (χ1v) is 8.27. The Labute approximate surface area is 148 Å². The van der Waals surface area contributed by atoms with Gasteiger partial charge in [0.15, 0.2) is 0 Å². The van der Waals surface area contributed by atoms with Crippen LogP contribution >= 0.6 is 0 Å². The molecule has 0 atom stereocenters. The number of aryl methyl sites for hydroxylation is 1. The van der Waals surface area contributed by atoms with E-state index in [0.717, 1.165) is 12.0 Å². The summed E-state index contributed by atoms with van der Waals surface area (Å²) in [5.41, 5.74) is 3.25. The highest BCUT2D eigenvalue weighted by Crippen LogP contribution is 2.16. The average molecular weight is 340 g/mol. The predicted octanol–water partition coefficient (Wildman–Crippen LogP) is 3.11. The summed E-state index contributed by atoms with van der Waals surface area (Å²) in [6, 6.07) is 15.2. The molecule has 0 aliphatic rings. The molecule has 2 aromatic carbocycles. The molecule has 132 valence electrons. The number of benzene rings is 2. The van der Waals surface area contributed by atoms with Gasteiger partial charge in [0, 0.05) is 6.54 Å². The van der Waals surface area contributed by atoms with E-state index in [4.69, 9.17) is 4.74 Å². The van der Waals surface area contributed by atoms with Crippen LogP contribution in [-0.4, -0.2) is 37.5 Å². The largest absolute Gasteiger partial charge is 0.465 e. The number of rotatable bonds is 7. The molecule has 0 bridgehead atoms. The third kappa shape index (κ3) is 5.43. The number of para-hydroxylation sites is 1. The van der Waals surface area contributed by atoms with Gasteiger partial charge < -0.3 is 10.1 Å². The third-order valence-corrected chi connectivity index (χ3v) is 3.90. The van der Waals surface area contributed by atoms with Crippen LogP contribution in [0.3, 0.4) is 0 Å². The molecule has 0 aromatic heterocycles. The zero-order valence-corrected chi connectivity index (χ0v) is 14.9. The number of nitrogens with zero attached hydrogens (tertiary/aromatic N) is 1. The van der Waals surface area contributed by atoms with Crippen LogP contribution in [0, 0.1) is 0 Å². The predicted molar refractivity (Wildman–Crippen MR) is 98.6 cm³/mol. The highest BCUT2D eigenvalue weighted by molar-refractivity contribution is 6.01. The molecule has 0 unspecified atom stereocenters. The number of methoxy groups -OCH3 is 1. The lowest BCUT2D eigenvalue weighted by Crippen LogP contribution is -2.30. The molecular formula is C20H24N2O3. The number of anilines is 1. The van der Waals surface area contributed by atoms with E-state index < -0.39 is 5.97 Å². The topological polar surface area (TPSA) is 58.6 Å². The second-order valence-corrected chi connectivity index (χ2v) is 5.93. The van der Waals surface area contributed by atoms with Crippen LogP contribution < -0.4 is 5.32 Å². The molecule has 0 radical (unpaired) electrons. The van der Waals surface area contributed by atoms with Gasteiger partial charge in [-0.2, -0.15) is 0 Å². The van der Waals surface area contributed by atoms with Crippen molar-refractivity contribution in [2.45, 2.75) is 19.9 Å². The Morgan fingerprint density at radius 2 is 1.68 bits per heavy atom. The molecule has 0 spiro atoms. The van der Waals surface area contributed by atoms with E-state index in [1.807, 2.05) is 11.9 Å². The summed E-state index contributed by atoms with van der Waals surface area (Å²) in [5, 5.41) is 2.78. The van der Waals surface area contributed by atoms with Crippen molar-refractivity contribution in [3.05, 3.63) is 65.2 Å². The Bertz CT molecular complexity index is 726. The SMILES string of the molecule is CCc1ccc(CN(C)CC(=O)Nc2ccccc2C(=O)OC)cc1. The van der Waals surface area contributed by atoms with Crippen molar-refractivity contribution in [2.24, 2.45) is 0 Å². The van der Waals surface area contributed by atoms with Gasteiger partial charge in [-0.3, -0.25) is 9.69 Å². The Kier molecular flexibility index (Phi) is 6.71. The second-order valence-electron chi connectivity index (χ2n) is 5.93. The fourth-order valence-electron chi connectivity index (χ4n) is 2.56. The highest BCUT2D eigenvalue weighted by Gasteiger charge is 2.14. The smallest absolute Gasteiger partial charge is 0.339 e. The van der Waals surface area contributed by atoms with Crippen molar-refractivity contribution in [3.63, 3.8) is 0 Å². The first-order valence-electron chi connectivity index (χ1n) is 8.27. The number of carbonyl (C=O) groups excluding carboxylic acids is 2. The van der Waals surface area contributed by atoms with E-state index in [-0.39, 0.29) is 12.5 Å². The summed E-state index contributed by atoms with van der Waals surface area (Å²) in [7, 11) is 3.21. The minimum atomic E-state index is -0.472. The van der Waals surface area contributed by atoms with Gasteiger partial charge in [0.1, 0.15) is 0 Å². The van der Waals surface area contributed by atoms with Gasteiger partial charge in [0.2, 0.25) is 5.91 Å². The molecule has 2 aromatic rings. The van der Waals surface area contributed by atoms with Crippen LogP contribution in [0.1, 0.15) is 28.4 Å². The van der Waals surface area contributed by atoms with Crippen LogP contribution in [0.25, 0.3) is 0 Å². The molecule has 0 aliphatic carbocycles. The first-order chi connectivity index (χ1) is 12.0. The molecule has 0 fully saturated rings. The Morgan fingerprint density at radius 1 is 1.04 bits per heavy atom. The van der Waals surface area contributed by atoms with Crippen LogP contribution in [0.15, 0.2) is 48.5 Å². The van der Waals surface area contributed by atoms with Crippen molar-refractivity contribution in [1.29, 1.82) is 0 Å². The summed E-state index contributed by atoms with van der Waals surface area (Å²) in [4.78, 5) is 25.9. The molecule has 25 heavy (non-hydrogen) atoms. The summed E-state index contributed by atoms with van der Waals surface area (Å²) in [6.07, 6.45) is 1.01. The van der Waals surface area contributed by atoms with Crippen LogP contribution in [-0.2, 0) is 22.5 Å². The lowest BCUT2D eigenvalue weighted by atomic mass is 10.1. The summed E-state index contributed by atoms with van der Waals surface area (Å²) in [5.74, 6) is -0.649. The molecule has 0 saturated carbocycles. The average Bonchev–Trinajstić information content (AvgIpc) is 2.62. The van der Waals surface area contributed by atoms with Gasteiger partial charge in [0.05, 0.1) is 24.9 Å². The Balaban J connectivity index is 1.94. The molecule has 0 aliphatic heterocycles. The van der Waals surface area contributed by atoms with Gasteiger partial charge in [-0.25, -0.2) is 4.79 Å². The van der Waals surface area contributed by atoms with Crippen molar-refractivity contribution >= 4 is 17.6 Å². The number of likely N-dealkylation sites (N-methyl/N-ethyl adjacent to an activating group) is 1. The molecule has 5 heteroatoms. The third-order valence-electron chi connectivity index (χ3n) is 3.90. The minimum Gasteiger partial charge on any atom is -0.465 e. The maximum Gasteiger partial charge on any atom is 0.339 e. The van der Waals surface area contributed by atoms with Gasteiger partial charge in [-0.15, -0.1) is 0 Å².